The van der Waals surface area contributed by atoms with Gasteiger partial charge >= 0.3 is 5.97 Å². The summed E-state index contributed by atoms with van der Waals surface area (Å²) in [6.45, 7) is 8.19. The predicted octanol–water partition coefficient (Wildman–Crippen LogP) is -1.70. The maximum absolute atomic E-state index is 10.9. The molecule has 0 radical (unpaired) electrons. The number of carbonyl (C=O) groups excluding carboxylic acids is 2. The smallest absolute Gasteiger partial charge is 0.356 e. The Kier molecular flexibility index (Phi) is 14.6. The van der Waals surface area contributed by atoms with Crippen molar-refractivity contribution in [1.29, 1.82) is 0 Å². The molecule has 5 N–H and O–H groups in total. The van der Waals surface area contributed by atoms with E-state index in [0.29, 0.717) is 13.2 Å². The molecule has 9 nitrogen and oxygen atoms in total. The summed E-state index contributed by atoms with van der Waals surface area (Å²) in [5, 5.41) is 37.0. The van der Waals surface area contributed by atoms with Gasteiger partial charge in [-0.3, -0.25) is 4.79 Å². The number of esters is 1. The monoisotopic (exact) mass is 337 g/mol. The summed E-state index contributed by atoms with van der Waals surface area (Å²) in [5.74, 6) is -1.72. The minimum Gasteiger partial charge on any atom is -0.460 e. The number of ether oxygens (including phenoxy) is 2. The van der Waals surface area contributed by atoms with Crippen LogP contribution >= 0.6 is 0 Å². The second-order valence-electron chi connectivity index (χ2n) is 4.83. The summed E-state index contributed by atoms with van der Waals surface area (Å²) in [6.07, 6.45) is -2.53. The van der Waals surface area contributed by atoms with Crippen LogP contribution in [-0.4, -0.2) is 76.7 Å². The van der Waals surface area contributed by atoms with Crippen molar-refractivity contribution in [2.24, 2.45) is 0 Å². The SMILES string of the molecule is C=CC(=O)NC(O)C(=O)OCC(C)O.CC(O)COCC(C)O. The number of hydrogen-bond acceptors (Lipinski definition) is 8. The van der Waals surface area contributed by atoms with Crippen LogP contribution in [0.15, 0.2) is 12.7 Å². The molecule has 0 fully saturated rings. The molecule has 0 aromatic carbocycles. The van der Waals surface area contributed by atoms with Gasteiger partial charge in [0.1, 0.15) is 6.61 Å². The van der Waals surface area contributed by atoms with Gasteiger partial charge in [-0.1, -0.05) is 6.58 Å². The highest BCUT2D eigenvalue weighted by Crippen LogP contribution is 1.89. The van der Waals surface area contributed by atoms with E-state index in [2.05, 4.69) is 11.3 Å². The Hall–Kier alpha value is -1.52. The predicted molar refractivity (Wildman–Crippen MR) is 81.2 cm³/mol. The summed E-state index contributed by atoms with van der Waals surface area (Å²) in [5.41, 5.74) is 0. The number of rotatable bonds is 9. The molecule has 0 aliphatic heterocycles. The molecule has 23 heavy (non-hydrogen) atoms. The van der Waals surface area contributed by atoms with Gasteiger partial charge in [0.25, 0.3) is 0 Å². The average molecular weight is 337 g/mol. The molecular weight excluding hydrogens is 310 g/mol. The Labute approximate surface area is 135 Å². The largest absolute Gasteiger partial charge is 0.460 e. The van der Waals surface area contributed by atoms with Gasteiger partial charge in [0.05, 0.1) is 31.5 Å². The second-order valence-corrected chi connectivity index (χ2v) is 4.83. The van der Waals surface area contributed by atoms with Crippen molar-refractivity contribution < 1.29 is 39.5 Å². The lowest BCUT2D eigenvalue weighted by Crippen LogP contribution is -2.41. The van der Waals surface area contributed by atoms with E-state index in [1.54, 1.807) is 13.8 Å². The number of amides is 1. The van der Waals surface area contributed by atoms with Crippen LogP contribution in [-0.2, 0) is 19.1 Å². The summed E-state index contributed by atoms with van der Waals surface area (Å²) in [7, 11) is 0. The maximum atomic E-state index is 10.9. The van der Waals surface area contributed by atoms with Crippen molar-refractivity contribution >= 4 is 11.9 Å². The van der Waals surface area contributed by atoms with E-state index in [4.69, 9.17) is 25.2 Å². The van der Waals surface area contributed by atoms with Gasteiger partial charge in [0.15, 0.2) is 0 Å². The van der Waals surface area contributed by atoms with Crippen molar-refractivity contribution in [3.8, 4) is 0 Å². The van der Waals surface area contributed by atoms with Crippen LogP contribution in [0.4, 0.5) is 0 Å². The highest BCUT2D eigenvalue weighted by molar-refractivity contribution is 5.90. The molecule has 0 bridgehead atoms. The average Bonchev–Trinajstić information content (AvgIpc) is 2.44. The number of carbonyl (C=O) groups is 2. The molecule has 0 heterocycles. The maximum Gasteiger partial charge on any atom is 0.356 e. The first-order valence-electron chi connectivity index (χ1n) is 6.99. The topological polar surface area (TPSA) is 146 Å². The molecule has 0 aliphatic carbocycles. The van der Waals surface area contributed by atoms with Gasteiger partial charge < -0.3 is 35.2 Å². The molecule has 4 unspecified atom stereocenters. The van der Waals surface area contributed by atoms with Crippen LogP contribution in [0.5, 0.6) is 0 Å². The zero-order chi connectivity index (χ0) is 18.4. The molecule has 0 spiro atoms. The fourth-order valence-corrected chi connectivity index (χ4v) is 0.943. The summed E-state index contributed by atoms with van der Waals surface area (Å²) in [6, 6.07) is 0. The fourth-order valence-electron chi connectivity index (χ4n) is 0.943. The standard InChI is InChI=1S/C8H13NO5.C6H14O3/c1-3-6(11)9-7(12)8(13)14-4-5(2)10;1-5(7)3-9-4-6(2)8/h3,5,7,10,12H,1,4H2,2H3,(H,9,11);5-8H,3-4H2,1-2H3. The molecule has 9 heteroatoms. The van der Waals surface area contributed by atoms with Crippen LogP contribution in [0.2, 0.25) is 0 Å². The molecule has 4 atom stereocenters. The minimum atomic E-state index is -1.74. The van der Waals surface area contributed by atoms with E-state index < -0.39 is 36.4 Å². The second kappa shape index (κ2) is 14.1. The molecule has 1 amide bonds. The molecule has 0 saturated carbocycles. The van der Waals surface area contributed by atoms with Gasteiger partial charge in [0.2, 0.25) is 12.1 Å². The van der Waals surface area contributed by atoms with Crippen LogP contribution < -0.4 is 5.32 Å². The quantitative estimate of drug-likeness (QED) is 0.190. The molecular formula is C14H27NO8. The fraction of sp³-hybridized carbons (Fsp3) is 0.714. The normalized spacial score (nSPS) is 15.3. The third-order valence-electron chi connectivity index (χ3n) is 1.87. The van der Waals surface area contributed by atoms with Crippen molar-refractivity contribution in [2.75, 3.05) is 19.8 Å². The van der Waals surface area contributed by atoms with Gasteiger partial charge in [-0.25, -0.2) is 4.79 Å². The Morgan fingerprint density at radius 2 is 1.43 bits per heavy atom. The van der Waals surface area contributed by atoms with Gasteiger partial charge in [-0.2, -0.15) is 0 Å². The minimum absolute atomic E-state index is 0.236. The Bertz CT molecular complexity index is 336. The van der Waals surface area contributed by atoms with Crippen molar-refractivity contribution in [3.63, 3.8) is 0 Å². The molecule has 0 rings (SSSR count). The van der Waals surface area contributed by atoms with Crippen LogP contribution in [0.25, 0.3) is 0 Å². The number of aliphatic hydroxyl groups is 4. The zero-order valence-corrected chi connectivity index (χ0v) is 13.6. The lowest BCUT2D eigenvalue weighted by Gasteiger charge is -2.11. The summed E-state index contributed by atoms with van der Waals surface area (Å²) < 4.78 is 9.28. The number of aliphatic hydroxyl groups excluding tert-OH is 4. The van der Waals surface area contributed by atoms with E-state index >= 15 is 0 Å². The first-order chi connectivity index (χ1) is 10.6. The number of hydrogen-bond donors (Lipinski definition) is 5. The van der Waals surface area contributed by atoms with E-state index in [1.165, 1.54) is 6.92 Å². The van der Waals surface area contributed by atoms with Gasteiger partial charge in [-0.05, 0) is 26.8 Å². The van der Waals surface area contributed by atoms with Gasteiger partial charge in [-0.15, -0.1) is 0 Å². The lowest BCUT2D eigenvalue weighted by molar-refractivity contribution is -0.159. The van der Waals surface area contributed by atoms with Crippen molar-refractivity contribution in [1.82, 2.24) is 5.32 Å². The highest BCUT2D eigenvalue weighted by atomic mass is 16.6. The van der Waals surface area contributed by atoms with E-state index in [-0.39, 0.29) is 6.61 Å². The third kappa shape index (κ3) is 18.4. The molecule has 0 saturated heterocycles. The summed E-state index contributed by atoms with van der Waals surface area (Å²) in [4.78, 5) is 21.5. The zero-order valence-electron chi connectivity index (χ0n) is 13.6. The van der Waals surface area contributed by atoms with E-state index in [9.17, 15) is 9.59 Å². The lowest BCUT2D eigenvalue weighted by atomic mass is 10.4. The van der Waals surface area contributed by atoms with Gasteiger partial charge in [0, 0.05) is 0 Å². The summed E-state index contributed by atoms with van der Waals surface area (Å²) >= 11 is 0. The highest BCUT2D eigenvalue weighted by Gasteiger charge is 2.18. The first kappa shape index (κ1) is 23.7. The molecule has 0 aromatic rings. The first-order valence-corrected chi connectivity index (χ1v) is 6.99. The molecule has 0 aromatic heterocycles. The van der Waals surface area contributed by atoms with Crippen molar-refractivity contribution in [2.45, 2.75) is 45.3 Å². The van der Waals surface area contributed by atoms with E-state index in [0.717, 1.165) is 6.08 Å². The Balaban J connectivity index is 0. The number of nitrogens with one attached hydrogen (secondary N) is 1. The van der Waals surface area contributed by atoms with Crippen LogP contribution in [0.3, 0.4) is 0 Å². The van der Waals surface area contributed by atoms with Crippen LogP contribution in [0.1, 0.15) is 20.8 Å². The van der Waals surface area contributed by atoms with Crippen LogP contribution in [0, 0.1) is 0 Å². The third-order valence-corrected chi connectivity index (χ3v) is 1.87. The van der Waals surface area contributed by atoms with Crippen molar-refractivity contribution in [3.05, 3.63) is 12.7 Å². The Morgan fingerprint density at radius 1 is 1.00 bits per heavy atom. The molecule has 136 valence electrons. The molecule has 0 aliphatic rings. The van der Waals surface area contributed by atoms with E-state index in [1.807, 2.05) is 5.32 Å². The Morgan fingerprint density at radius 3 is 1.78 bits per heavy atom.